The van der Waals surface area contributed by atoms with Gasteiger partial charge in [0.25, 0.3) is 5.54 Å². The zero-order valence-electron chi connectivity index (χ0n) is 16.4. The zero-order valence-corrected chi connectivity index (χ0v) is 17.9. The smallest absolute Gasteiger partial charge is 0.274 e. The van der Waals surface area contributed by atoms with E-state index in [1.807, 2.05) is 12.1 Å². The summed E-state index contributed by atoms with van der Waals surface area (Å²) in [5, 5.41) is 13.2. The van der Waals surface area contributed by atoms with Crippen LogP contribution < -0.4 is 4.90 Å². The molecule has 3 aromatic rings. The van der Waals surface area contributed by atoms with Crippen LogP contribution in [0.5, 0.6) is 0 Å². The third-order valence-corrected chi connectivity index (χ3v) is 7.63. The van der Waals surface area contributed by atoms with E-state index < -0.39 is 40.0 Å². The van der Waals surface area contributed by atoms with Gasteiger partial charge >= 0.3 is 0 Å². The first-order valence-corrected chi connectivity index (χ1v) is 10.8. The van der Waals surface area contributed by atoms with Crippen LogP contribution in [0.4, 0.5) is 5.69 Å². The number of imide groups is 1. The second kappa shape index (κ2) is 6.40. The number of nitro groups is 1. The molecule has 2 unspecified atom stereocenters. The number of carbonyl (C=O) groups excluding carboxylic acids is 2. The van der Waals surface area contributed by atoms with Gasteiger partial charge in [-0.15, -0.1) is 0 Å². The van der Waals surface area contributed by atoms with E-state index in [2.05, 4.69) is 0 Å². The third-order valence-electron chi connectivity index (χ3n) is 7.02. The van der Waals surface area contributed by atoms with Crippen molar-refractivity contribution in [3.8, 4) is 0 Å². The number of hydrogen-bond donors (Lipinski definition) is 0. The minimum Gasteiger partial charge on any atom is -0.274 e. The fraction of sp³-hybridized carbons (Fsp3) is 0.167. The molecule has 8 heteroatoms. The van der Waals surface area contributed by atoms with Crippen molar-refractivity contribution in [2.75, 3.05) is 4.90 Å². The third kappa shape index (κ3) is 2.07. The highest BCUT2D eigenvalue weighted by Crippen LogP contribution is 2.64. The molecule has 0 aromatic heterocycles. The Morgan fingerprint density at radius 1 is 0.812 bits per heavy atom. The van der Waals surface area contributed by atoms with Crippen LogP contribution >= 0.6 is 23.2 Å². The Morgan fingerprint density at radius 3 is 1.88 bits per heavy atom. The van der Waals surface area contributed by atoms with Gasteiger partial charge in [-0.2, -0.15) is 0 Å². The summed E-state index contributed by atoms with van der Waals surface area (Å²) in [7, 11) is 0. The van der Waals surface area contributed by atoms with Crippen molar-refractivity contribution in [1.29, 1.82) is 0 Å². The monoisotopic (exact) mass is 464 g/mol. The molecule has 0 saturated carbocycles. The van der Waals surface area contributed by atoms with Crippen LogP contribution in [0.1, 0.15) is 28.2 Å². The molecule has 7 rings (SSSR count). The molecular weight excluding hydrogens is 451 g/mol. The average Bonchev–Trinajstić information content (AvgIpc) is 3.05. The summed E-state index contributed by atoms with van der Waals surface area (Å²) >= 11 is 12.7. The average molecular weight is 465 g/mol. The number of nitrogens with zero attached hydrogens (tertiary/aromatic N) is 2. The maximum absolute atomic E-state index is 13.9. The van der Waals surface area contributed by atoms with Crippen LogP contribution in [0.25, 0.3) is 0 Å². The van der Waals surface area contributed by atoms with Crippen LogP contribution in [0, 0.1) is 22.0 Å². The highest BCUT2D eigenvalue weighted by atomic mass is 35.5. The number of carbonyl (C=O) groups is 2. The van der Waals surface area contributed by atoms with E-state index in [4.69, 9.17) is 23.2 Å². The van der Waals surface area contributed by atoms with Crippen LogP contribution in [0.15, 0.2) is 66.7 Å². The Kier molecular flexibility index (Phi) is 3.89. The summed E-state index contributed by atoms with van der Waals surface area (Å²) in [5.41, 5.74) is 0.537. The minimum absolute atomic E-state index is 0.0752. The molecule has 1 aliphatic heterocycles. The molecule has 32 heavy (non-hydrogen) atoms. The number of halogens is 2. The van der Waals surface area contributed by atoms with E-state index in [1.165, 1.54) is 12.1 Å². The summed E-state index contributed by atoms with van der Waals surface area (Å²) in [6.45, 7) is 0. The van der Waals surface area contributed by atoms with Gasteiger partial charge < -0.3 is 0 Å². The van der Waals surface area contributed by atoms with Gasteiger partial charge in [-0.3, -0.25) is 19.7 Å². The normalized spacial score (nSPS) is 27.2. The molecule has 1 saturated heterocycles. The van der Waals surface area contributed by atoms with Gasteiger partial charge in [-0.05, 0) is 23.3 Å². The van der Waals surface area contributed by atoms with Gasteiger partial charge in [-0.1, -0.05) is 77.8 Å². The molecule has 1 fully saturated rings. The number of para-hydroxylation sites is 1. The lowest BCUT2D eigenvalue weighted by Gasteiger charge is -2.48. The number of benzene rings is 3. The van der Waals surface area contributed by atoms with Gasteiger partial charge in [0.1, 0.15) is 5.92 Å². The fourth-order valence-electron chi connectivity index (χ4n) is 5.96. The van der Waals surface area contributed by atoms with Gasteiger partial charge in [0.2, 0.25) is 11.8 Å². The van der Waals surface area contributed by atoms with Gasteiger partial charge in [-0.25, -0.2) is 4.90 Å². The maximum atomic E-state index is 13.9. The molecule has 3 aromatic carbocycles. The predicted octanol–water partition coefficient (Wildman–Crippen LogP) is 4.78. The second-order valence-electron chi connectivity index (χ2n) is 8.26. The molecule has 4 aliphatic rings. The van der Waals surface area contributed by atoms with E-state index in [0.717, 1.165) is 4.90 Å². The van der Waals surface area contributed by atoms with Gasteiger partial charge in [0.15, 0.2) is 0 Å². The molecular formula is C24H14Cl2N2O4. The Balaban J connectivity index is 1.69. The summed E-state index contributed by atoms with van der Waals surface area (Å²) < 4.78 is 0. The topological polar surface area (TPSA) is 80.5 Å². The van der Waals surface area contributed by atoms with Crippen molar-refractivity contribution in [1.82, 2.24) is 0 Å². The number of anilines is 1. The van der Waals surface area contributed by atoms with E-state index in [1.54, 1.807) is 42.5 Å². The minimum atomic E-state index is -1.87. The molecule has 3 aliphatic carbocycles. The van der Waals surface area contributed by atoms with Crippen molar-refractivity contribution in [3.63, 3.8) is 0 Å². The lowest BCUT2D eigenvalue weighted by Crippen LogP contribution is -2.57. The lowest BCUT2D eigenvalue weighted by atomic mass is 9.51. The number of rotatable bonds is 2. The van der Waals surface area contributed by atoms with Crippen molar-refractivity contribution in [3.05, 3.63) is 109 Å². The number of amides is 2. The molecule has 2 amide bonds. The van der Waals surface area contributed by atoms with E-state index >= 15 is 0 Å². The Labute approximate surface area is 192 Å². The Hall–Kier alpha value is -3.22. The Bertz CT molecular complexity index is 1300. The Morgan fingerprint density at radius 2 is 1.34 bits per heavy atom. The molecule has 1 heterocycles. The molecule has 0 radical (unpaired) electrons. The van der Waals surface area contributed by atoms with E-state index in [9.17, 15) is 19.7 Å². The molecule has 0 spiro atoms. The highest BCUT2D eigenvalue weighted by Gasteiger charge is 2.75. The van der Waals surface area contributed by atoms with E-state index in [0.29, 0.717) is 22.3 Å². The van der Waals surface area contributed by atoms with Crippen molar-refractivity contribution < 1.29 is 14.5 Å². The van der Waals surface area contributed by atoms with Crippen LogP contribution in [0.2, 0.25) is 10.0 Å². The van der Waals surface area contributed by atoms with Gasteiger partial charge in [0.05, 0.1) is 21.7 Å². The molecule has 158 valence electrons. The quantitative estimate of drug-likeness (QED) is 0.310. The van der Waals surface area contributed by atoms with Crippen molar-refractivity contribution >= 4 is 40.7 Å². The molecule has 0 N–H and O–H groups in total. The van der Waals surface area contributed by atoms with E-state index in [-0.39, 0.29) is 15.7 Å². The SMILES string of the molecule is O=C1C2C3c4ccccc4C([N+](=O)[O-])(c4ccccc43)C2C(=O)N1c1c(Cl)cccc1Cl. The van der Waals surface area contributed by atoms with Crippen molar-refractivity contribution in [2.24, 2.45) is 11.8 Å². The summed E-state index contributed by atoms with van der Waals surface area (Å²) in [5.74, 6) is -3.77. The predicted molar refractivity (Wildman–Crippen MR) is 118 cm³/mol. The van der Waals surface area contributed by atoms with Crippen LogP contribution in [-0.4, -0.2) is 16.7 Å². The first kappa shape index (κ1) is 19.5. The molecule has 2 bridgehead atoms. The van der Waals surface area contributed by atoms with Crippen LogP contribution in [0.3, 0.4) is 0 Å². The van der Waals surface area contributed by atoms with Gasteiger partial charge in [0, 0.05) is 22.0 Å². The second-order valence-corrected chi connectivity index (χ2v) is 9.08. The first-order valence-electron chi connectivity index (χ1n) is 10.1. The lowest BCUT2D eigenvalue weighted by molar-refractivity contribution is -0.578. The van der Waals surface area contributed by atoms with Crippen LogP contribution in [-0.2, 0) is 15.1 Å². The molecule has 2 atom stereocenters. The zero-order chi connectivity index (χ0) is 22.4. The highest BCUT2D eigenvalue weighted by molar-refractivity contribution is 6.42. The largest absolute Gasteiger partial charge is 0.285 e. The summed E-state index contributed by atoms with van der Waals surface area (Å²) in [6.07, 6.45) is 0. The summed E-state index contributed by atoms with van der Waals surface area (Å²) in [6, 6.07) is 18.8. The van der Waals surface area contributed by atoms with Crippen molar-refractivity contribution in [2.45, 2.75) is 11.5 Å². The molecule has 6 nitrogen and oxygen atoms in total. The maximum Gasteiger partial charge on any atom is 0.285 e. The standard InChI is InChI=1S/C24H14Cl2N2O4/c25-16-10-5-11-17(26)21(16)27-22(29)19-18-12-6-1-3-8-14(12)24(28(31)32,20(19)23(27)30)15-9-4-2-7-13(15)18/h1-11,18-20H. The summed E-state index contributed by atoms with van der Waals surface area (Å²) in [4.78, 5) is 41.1. The number of hydrogen-bond acceptors (Lipinski definition) is 4. The first-order chi connectivity index (χ1) is 15.4. The fourth-order valence-corrected chi connectivity index (χ4v) is 6.53.